The quantitative estimate of drug-likeness (QED) is 0.677. The van der Waals surface area contributed by atoms with Gasteiger partial charge in [0.2, 0.25) is 0 Å². The molecule has 1 aliphatic heterocycles. The SMILES string of the molecule is C#CCCC(O)C1CCCCS1. The molecule has 0 aromatic carbocycles. The lowest BCUT2D eigenvalue weighted by Gasteiger charge is -2.25. The molecule has 0 aliphatic carbocycles. The molecular weight excluding hydrogens is 168 g/mol. The van der Waals surface area contributed by atoms with E-state index in [1.807, 2.05) is 11.8 Å². The van der Waals surface area contributed by atoms with Crippen LogP contribution in [0.1, 0.15) is 32.1 Å². The molecule has 1 N–H and O–H groups in total. The second-order valence-corrected chi connectivity index (χ2v) is 4.56. The Morgan fingerprint density at radius 2 is 2.42 bits per heavy atom. The Bertz CT molecular complexity index is 156. The molecule has 1 saturated heterocycles. The number of terminal acetylenes is 1. The number of hydrogen-bond donors (Lipinski definition) is 1. The second-order valence-electron chi connectivity index (χ2n) is 3.22. The standard InChI is InChI=1S/C10H16OS/c1-2-3-6-9(11)10-7-4-5-8-12-10/h1,9-11H,3-8H2. The van der Waals surface area contributed by atoms with Gasteiger partial charge >= 0.3 is 0 Å². The maximum Gasteiger partial charge on any atom is 0.0667 e. The Labute approximate surface area is 78.9 Å². The van der Waals surface area contributed by atoms with Crippen molar-refractivity contribution in [1.82, 2.24) is 0 Å². The number of thioether (sulfide) groups is 1. The minimum Gasteiger partial charge on any atom is -0.392 e. The highest BCUT2D eigenvalue weighted by molar-refractivity contribution is 8.00. The Kier molecular flexibility index (Phi) is 4.57. The van der Waals surface area contributed by atoms with Gasteiger partial charge in [0.25, 0.3) is 0 Å². The summed E-state index contributed by atoms with van der Waals surface area (Å²) < 4.78 is 0. The molecule has 12 heavy (non-hydrogen) atoms. The predicted molar refractivity (Wildman–Crippen MR) is 54.2 cm³/mol. The zero-order chi connectivity index (χ0) is 8.81. The lowest BCUT2D eigenvalue weighted by Crippen LogP contribution is -2.25. The molecule has 0 amide bonds. The highest BCUT2D eigenvalue weighted by Crippen LogP contribution is 2.28. The van der Waals surface area contributed by atoms with E-state index in [0.717, 1.165) is 12.8 Å². The van der Waals surface area contributed by atoms with Crippen molar-refractivity contribution in [3.05, 3.63) is 0 Å². The van der Waals surface area contributed by atoms with Crippen LogP contribution in [0.25, 0.3) is 0 Å². The summed E-state index contributed by atoms with van der Waals surface area (Å²) in [5.41, 5.74) is 0. The van der Waals surface area contributed by atoms with Crippen molar-refractivity contribution < 1.29 is 5.11 Å². The molecule has 0 saturated carbocycles. The Hall–Kier alpha value is -0.130. The third-order valence-corrected chi connectivity index (χ3v) is 3.73. The summed E-state index contributed by atoms with van der Waals surface area (Å²) in [5.74, 6) is 3.77. The molecule has 1 fully saturated rings. The lowest BCUT2D eigenvalue weighted by atomic mass is 10.1. The summed E-state index contributed by atoms with van der Waals surface area (Å²) in [7, 11) is 0. The molecule has 0 bridgehead atoms. The zero-order valence-corrected chi connectivity index (χ0v) is 8.15. The largest absolute Gasteiger partial charge is 0.392 e. The molecule has 2 atom stereocenters. The summed E-state index contributed by atoms with van der Waals surface area (Å²) in [4.78, 5) is 0. The van der Waals surface area contributed by atoms with Crippen LogP contribution in [-0.2, 0) is 0 Å². The topological polar surface area (TPSA) is 20.2 Å². The van der Waals surface area contributed by atoms with E-state index in [9.17, 15) is 5.11 Å². The molecule has 0 spiro atoms. The van der Waals surface area contributed by atoms with E-state index in [2.05, 4.69) is 5.92 Å². The Morgan fingerprint density at radius 1 is 1.58 bits per heavy atom. The monoisotopic (exact) mass is 184 g/mol. The third kappa shape index (κ3) is 3.08. The first kappa shape index (κ1) is 9.95. The average molecular weight is 184 g/mol. The van der Waals surface area contributed by atoms with Crippen LogP contribution < -0.4 is 0 Å². The molecule has 0 aromatic rings. The summed E-state index contributed by atoms with van der Waals surface area (Å²) in [6.45, 7) is 0. The van der Waals surface area contributed by atoms with Gasteiger partial charge < -0.3 is 5.11 Å². The van der Waals surface area contributed by atoms with Crippen LogP contribution in [0.4, 0.5) is 0 Å². The van der Waals surface area contributed by atoms with Crippen molar-refractivity contribution in [2.45, 2.75) is 43.5 Å². The molecule has 68 valence electrons. The van der Waals surface area contributed by atoms with Crippen molar-refractivity contribution in [1.29, 1.82) is 0 Å². The first-order valence-corrected chi connectivity index (χ1v) is 5.62. The van der Waals surface area contributed by atoms with Crippen molar-refractivity contribution in [3.63, 3.8) is 0 Å². The van der Waals surface area contributed by atoms with E-state index in [1.54, 1.807) is 0 Å². The number of aliphatic hydroxyl groups excluding tert-OH is 1. The zero-order valence-electron chi connectivity index (χ0n) is 7.33. The predicted octanol–water partition coefficient (Wildman–Crippen LogP) is 2.05. The molecule has 2 heteroatoms. The lowest BCUT2D eigenvalue weighted by molar-refractivity contribution is 0.158. The second kappa shape index (κ2) is 5.50. The molecule has 0 radical (unpaired) electrons. The van der Waals surface area contributed by atoms with Gasteiger partial charge in [-0.25, -0.2) is 0 Å². The van der Waals surface area contributed by atoms with E-state index in [1.165, 1.54) is 18.6 Å². The summed E-state index contributed by atoms with van der Waals surface area (Å²) >= 11 is 1.90. The highest BCUT2D eigenvalue weighted by atomic mass is 32.2. The third-order valence-electron chi connectivity index (χ3n) is 2.23. The minimum absolute atomic E-state index is 0.175. The fraction of sp³-hybridized carbons (Fsp3) is 0.800. The first-order chi connectivity index (χ1) is 5.84. The van der Waals surface area contributed by atoms with Crippen LogP contribution in [0.3, 0.4) is 0 Å². The Morgan fingerprint density at radius 3 is 3.00 bits per heavy atom. The van der Waals surface area contributed by atoms with Gasteiger partial charge in [-0.2, -0.15) is 11.8 Å². The highest BCUT2D eigenvalue weighted by Gasteiger charge is 2.21. The average Bonchev–Trinajstić information content (AvgIpc) is 2.15. The van der Waals surface area contributed by atoms with Gasteiger partial charge in [-0.15, -0.1) is 12.3 Å². The van der Waals surface area contributed by atoms with Gasteiger partial charge in [0.15, 0.2) is 0 Å². The van der Waals surface area contributed by atoms with Gasteiger partial charge in [-0.05, 0) is 25.0 Å². The van der Waals surface area contributed by atoms with Gasteiger partial charge in [0, 0.05) is 11.7 Å². The normalized spacial score (nSPS) is 26.2. The van der Waals surface area contributed by atoms with E-state index in [-0.39, 0.29) is 6.10 Å². The van der Waals surface area contributed by atoms with Crippen molar-refractivity contribution >= 4 is 11.8 Å². The van der Waals surface area contributed by atoms with E-state index < -0.39 is 0 Å². The fourth-order valence-corrected chi connectivity index (χ4v) is 2.85. The molecule has 1 aliphatic rings. The minimum atomic E-state index is -0.175. The molecule has 0 aromatic heterocycles. The molecule has 2 unspecified atom stereocenters. The summed E-state index contributed by atoms with van der Waals surface area (Å²) in [5, 5.41) is 10.1. The van der Waals surface area contributed by atoms with E-state index >= 15 is 0 Å². The van der Waals surface area contributed by atoms with Crippen LogP contribution in [0.15, 0.2) is 0 Å². The number of aliphatic hydroxyl groups is 1. The van der Waals surface area contributed by atoms with E-state index in [0.29, 0.717) is 11.7 Å². The fourth-order valence-electron chi connectivity index (χ4n) is 1.49. The van der Waals surface area contributed by atoms with Crippen LogP contribution in [0, 0.1) is 12.3 Å². The van der Waals surface area contributed by atoms with Crippen molar-refractivity contribution in [3.8, 4) is 12.3 Å². The smallest absolute Gasteiger partial charge is 0.0667 e. The van der Waals surface area contributed by atoms with Gasteiger partial charge in [-0.1, -0.05) is 6.42 Å². The number of rotatable bonds is 3. The number of hydrogen-bond acceptors (Lipinski definition) is 2. The van der Waals surface area contributed by atoms with Gasteiger partial charge in [0.05, 0.1) is 6.10 Å². The van der Waals surface area contributed by atoms with Crippen LogP contribution >= 0.6 is 11.8 Å². The maximum atomic E-state index is 9.69. The van der Waals surface area contributed by atoms with Crippen molar-refractivity contribution in [2.24, 2.45) is 0 Å². The van der Waals surface area contributed by atoms with Gasteiger partial charge in [0.1, 0.15) is 0 Å². The van der Waals surface area contributed by atoms with E-state index in [4.69, 9.17) is 6.42 Å². The van der Waals surface area contributed by atoms with Crippen LogP contribution in [0.2, 0.25) is 0 Å². The summed E-state index contributed by atoms with van der Waals surface area (Å²) in [6.07, 6.45) is 10.2. The van der Waals surface area contributed by atoms with Crippen molar-refractivity contribution in [2.75, 3.05) is 5.75 Å². The molecule has 1 nitrogen and oxygen atoms in total. The molecular formula is C10H16OS. The maximum absolute atomic E-state index is 9.69. The first-order valence-electron chi connectivity index (χ1n) is 4.57. The molecule has 1 heterocycles. The van der Waals surface area contributed by atoms with Crippen LogP contribution in [0.5, 0.6) is 0 Å². The van der Waals surface area contributed by atoms with Crippen LogP contribution in [-0.4, -0.2) is 22.2 Å². The molecule has 1 rings (SSSR count). The Balaban J connectivity index is 2.21. The summed E-state index contributed by atoms with van der Waals surface area (Å²) in [6, 6.07) is 0. The van der Waals surface area contributed by atoms with Gasteiger partial charge in [-0.3, -0.25) is 0 Å².